The standard InChI is InChI=1S/C20H25F5O/c1-2-3-4-5-6-7-14-8-10-15(11-9-14)16-12-17(21)19(18(22)13-16)26-20(23,24)25/h3-4,12-15H,2,5-11H2,1H3/b4-3+. The van der Waals surface area contributed by atoms with Crippen LogP contribution in [0.25, 0.3) is 0 Å². The van der Waals surface area contributed by atoms with E-state index >= 15 is 0 Å². The van der Waals surface area contributed by atoms with Crippen molar-refractivity contribution in [1.29, 1.82) is 0 Å². The van der Waals surface area contributed by atoms with Crippen molar-refractivity contribution in [1.82, 2.24) is 0 Å². The fraction of sp³-hybridized carbons (Fsp3) is 0.600. The molecule has 0 N–H and O–H groups in total. The Morgan fingerprint density at radius 1 is 1.04 bits per heavy atom. The average molecular weight is 376 g/mol. The lowest BCUT2D eigenvalue weighted by Crippen LogP contribution is -2.19. The van der Waals surface area contributed by atoms with Crippen LogP contribution in [0.5, 0.6) is 5.75 Å². The monoisotopic (exact) mass is 376 g/mol. The molecule has 0 amide bonds. The number of hydrogen-bond acceptors (Lipinski definition) is 1. The molecule has 6 heteroatoms. The van der Waals surface area contributed by atoms with Crippen LogP contribution in [0.2, 0.25) is 0 Å². The van der Waals surface area contributed by atoms with Crippen LogP contribution >= 0.6 is 0 Å². The summed E-state index contributed by atoms with van der Waals surface area (Å²) in [6.45, 7) is 2.10. The van der Waals surface area contributed by atoms with Crippen molar-refractivity contribution >= 4 is 0 Å². The summed E-state index contributed by atoms with van der Waals surface area (Å²) < 4.78 is 67.8. The van der Waals surface area contributed by atoms with Crippen LogP contribution < -0.4 is 4.74 Å². The highest BCUT2D eigenvalue weighted by molar-refractivity contribution is 5.33. The van der Waals surface area contributed by atoms with Gasteiger partial charge in [0.2, 0.25) is 5.75 Å². The molecule has 0 radical (unpaired) electrons. The summed E-state index contributed by atoms with van der Waals surface area (Å²) in [5, 5.41) is 0. The molecule has 1 aliphatic rings. The zero-order valence-electron chi connectivity index (χ0n) is 14.9. The average Bonchev–Trinajstić information content (AvgIpc) is 2.57. The van der Waals surface area contributed by atoms with E-state index in [1.165, 1.54) is 0 Å². The number of halogens is 5. The Bertz CT molecular complexity index is 578. The first-order valence-corrected chi connectivity index (χ1v) is 9.19. The number of benzene rings is 1. The van der Waals surface area contributed by atoms with E-state index in [2.05, 4.69) is 23.8 Å². The highest BCUT2D eigenvalue weighted by Gasteiger charge is 2.34. The van der Waals surface area contributed by atoms with Gasteiger partial charge >= 0.3 is 6.36 Å². The molecule has 0 aliphatic heterocycles. The summed E-state index contributed by atoms with van der Waals surface area (Å²) in [5.74, 6) is -3.39. The maximum atomic E-state index is 13.9. The largest absolute Gasteiger partial charge is 0.573 e. The molecule has 0 saturated heterocycles. The predicted octanol–water partition coefficient (Wildman–Crippen LogP) is 7.27. The van der Waals surface area contributed by atoms with Gasteiger partial charge in [-0.25, -0.2) is 8.78 Å². The van der Waals surface area contributed by atoms with Gasteiger partial charge in [-0.15, -0.1) is 13.2 Å². The number of allylic oxidation sites excluding steroid dienone is 2. The van der Waals surface area contributed by atoms with Gasteiger partial charge in [0.15, 0.2) is 11.6 Å². The molecule has 2 rings (SSSR count). The normalized spacial score (nSPS) is 21.3. The van der Waals surface area contributed by atoms with Crippen molar-refractivity contribution in [2.24, 2.45) is 5.92 Å². The Morgan fingerprint density at radius 2 is 1.65 bits per heavy atom. The maximum absolute atomic E-state index is 13.9. The van der Waals surface area contributed by atoms with Crippen molar-refractivity contribution in [2.75, 3.05) is 0 Å². The minimum Gasteiger partial charge on any atom is -0.399 e. The molecule has 0 aromatic heterocycles. The van der Waals surface area contributed by atoms with Crippen LogP contribution in [0.1, 0.15) is 69.8 Å². The topological polar surface area (TPSA) is 9.23 Å². The lowest BCUT2D eigenvalue weighted by molar-refractivity contribution is -0.276. The van der Waals surface area contributed by atoms with E-state index in [9.17, 15) is 22.0 Å². The van der Waals surface area contributed by atoms with E-state index in [0.29, 0.717) is 11.5 Å². The molecule has 0 spiro atoms. The van der Waals surface area contributed by atoms with Crippen molar-refractivity contribution in [3.05, 3.63) is 41.5 Å². The smallest absolute Gasteiger partial charge is 0.399 e. The van der Waals surface area contributed by atoms with Gasteiger partial charge in [0.05, 0.1) is 0 Å². The predicted molar refractivity (Wildman–Crippen MR) is 91.0 cm³/mol. The zero-order chi connectivity index (χ0) is 19.2. The van der Waals surface area contributed by atoms with Gasteiger partial charge < -0.3 is 4.74 Å². The van der Waals surface area contributed by atoms with Gasteiger partial charge in [0, 0.05) is 0 Å². The van der Waals surface area contributed by atoms with Crippen LogP contribution in [-0.4, -0.2) is 6.36 Å². The van der Waals surface area contributed by atoms with Gasteiger partial charge in [0.25, 0.3) is 0 Å². The molecular formula is C20H25F5O. The minimum atomic E-state index is -5.12. The summed E-state index contributed by atoms with van der Waals surface area (Å²) >= 11 is 0. The fourth-order valence-corrected chi connectivity index (χ4v) is 3.62. The summed E-state index contributed by atoms with van der Waals surface area (Å²) in [7, 11) is 0. The lowest BCUT2D eigenvalue weighted by atomic mass is 9.77. The Labute approximate surface area is 151 Å². The van der Waals surface area contributed by atoms with Gasteiger partial charge in [-0.3, -0.25) is 0 Å². The first kappa shape index (κ1) is 20.7. The second-order valence-electron chi connectivity index (χ2n) is 6.89. The van der Waals surface area contributed by atoms with Crippen LogP contribution in [0, 0.1) is 17.6 Å². The lowest BCUT2D eigenvalue weighted by Gasteiger charge is -2.29. The summed E-state index contributed by atoms with van der Waals surface area (Å²) in [6.07, 6.45) is 7.19. The molecule has 1 saturated carbocycles. The molecule has 0 bridgehead atoms. The molecule has 26 heavy (non-hydrogen) atoms. The second kappa shape index (κ2) is 9.38. The van der Waals surface area contributed by atoms with E-state index in [1.54, 1.807) is 0 Å². The Morgan fingerprint density at radius 3 is 2.19 bits per heavy atom. The number of hydrogen-bond donors (Lipinski definition) is 0. The van der Waals surface area contributed by atoms with Crippen LogP contribution in [0.4, 0.5) is 22.0 Å². The third kappa shape index (κ3) is 6.29. The highest BCUT2D eigenvalue weighted by atomic mass is 19.4. The molecule has 1 aliphatic carbocycles. The van der Waals surface area contributed by atoms with E-state index < -0.39 is 23.7 Å². The van der Waals surface area contributed by atoms with Gasteiger partial charge in [-0.05, 0) is 74.5 Å². The fourth-order valence-electron chi connectivity index (χ4n) is 3.62. The zero-order valence-corrected chi connectivity index (χ0v) is 14.9. The summed E-state index contributed by atoms with van der Waals surface area (Å²) in [4.78, 5) is 0. The van der Waals surface area contributed by atoms with Crippen molar-refractivity contribution in [2.45, 2.75) is 70.6 Å². The van der Waals surface area contributed by atoms with Crippen molar-refractivity contribution in [3.8, 4) is 5.75 Å². The van der Waals surface area contributed by atoms with Gasteiger partial charge in [-0.1, -0.05) is 25.5 Å². The van der Waals surface area contributed by atoms with Gasteiger partial charge in [0.1, 0.15) is 0 Å². The van der Waals surface area contributed by atoms with E-state index in [0.717, 1.165) is 63.5 Å². The quantitative estimate of drug-likeness (QED) is 0.276. The van der Waals surface area contributed by atoms with E-state index in [-0.39, 0.29) is 5.92 Å². The van der Waals surface area contributed by atoms with Crippen molar-refractivity contribution in [3.63, 3.8) is 0 Å². The van der Waals surface area contributed by atoms with Crippen LogP contribution in [-0.2, 0) is 0 Å². The number of ether oxygens (including phenoxy) is 1. The van der Waals surface area contributed by atoms with Gasteiger partial charge in [-0.2, -0.15) is 0 Å². The second-order valence-corrected chi connectivity index (χ2v) is 6.89. The molecule has 146 valence electrons. The molecule has 1 nitrogen and oxygen atoms in total. The molecular weight excluding hydrogens is 351 g/mol. The number of alkyl halides is 3. The van der Waals surface area contributed by atoms with E-state index in [4.69, 9.17) is 0 Å². The van der Waals surface area contributed by atoms with Crippen LogP contribution in [0.3, 0.4) is 0 Å². The highest BCUT2D eigenvalue weighted by Crippen LogP contribution is 2.40. The molecule has 0 atom stereocenters. The number of rotatable bonds is 7. The summed E-state index contributed by atoms with van der Waals surface area (Å²) in [6, 6.07) is 1.95. The summed E-state index contributed by atoms with van der Waals surface area (Å²) in [5.41, 5.74) is 0.416. The SMILES string of the molecule is CC/C=C/CCCC1CCC(c2cc(F)c(OC(F)(F)F)c(F)c2)CC1. The molecule has 1 aromatic rings. The number of unbranched alkanes of at least 4 members (excludes halogenated alkanes) is 1. The first-order valence-electron chi connectivity index (χ1n) is 9.19. The molecule has 0 unspecified atom stereocenters. The Kier molecular flexibility index (Phi) is 7.47. The third-order valence-electron chi connectivity index (χ3n) is 4.94. The molecule has 0 heterocycles. The first-order chi connectivity index (χ1) is 12.3. The Hall–Kier alpha value is -1.59. The minimum absolute atomic E-state index is 0.0184. The van der Waals surface area contributed by atoms with E-state index in [1.807, 2.05) is 0 Å². The van der Waals surface area contributed by atoms with Crippen molar-refractivity contribution < 1.29 is 26.7 Å². The Balaban J connectivity index is 1.90. The third-order valence-corrected chi connectivity index (χ3v) is 4.94. The molecule has 1 fully saturated rings. The molecule has 1 aromatic carbocycles. The van der Waals surface area contributed by atoms with Crippen LogP contribution in [0.15, 0.2) is 24.3 Å². The maximum Gasteiger partial charge on any atom is 0.573 e.